The average Bonchev–Trinajstić information content (AvgIpc) is 2.71. The Hall–Kier alpha value is -3.13. The van der Waals surface area contributed by atoms with Crippen LogP contribution >= 0.6 is 12.2 Å². The van der Waals surface area contributed by atoms with Gasteiger partial charge in [-0.3, -0.25) is 15.6 Å². The molecule has 2 aromatic carbocycles. The van der Waals surface area contributed by atoms with Crippen molar-refractivity contribution >= 4 is 29.3 Å². The second-order valence-electron chi connectivity index (χ2n) is 5.66. The number of hydrazine groups is 1. The maximum atomic E-state index is 13.5. The number of carbonyl (C=O) groups excluding carboxylic acids is 1. The van der Waals surface area contributed by atoms with E-state index in [4.69, 9.17) is 21.7 Å². The van der Waals surface area contributed by atoms with Gasteiger partial charge in [0.1, 0.15) is 5.82 Å². The van der Waals surface area contributed by atoms with Crippen LogP contribution in [0.15, 0.2) is 48.5 Å². The van der Waals surface area contributed by atoms with Gasteiger partial charge in [-0.25, -0.2) is 4.39 Å². The molecule has 0 saturated carbocycles. The van der Waals surface area contributed by atoms with Crippen molar-refractivity contribution in [3.8, 4) is 11.5 Å². The fourth-order valence-electron chi connectivity index (χ4n) is 2.34. The highest BCUT2D eigenvalue weighted by Crippen LogP contribution is 2.27. The van der Waals surface area contributed by atoms with Crippen molar-refractivity contribution in [3.05, 3.63) is 65.5 Å². The van der Waals surface area contributed by atoms with E-state index >= 15 is 0 Å². The smallest absolute Gasteiger partial charge is 0.262 e. The molecule has 148 valence electrons. The van der Waals surface area contributed by atoms with Crippen molar-refractivity contribution in [3.63, 3.8) is 0 Å². The first kappa shape index (κ1) is 21.2. The van der Waals surface area contributed by atoms with Crippen LogP contribution in [-0.4, -0.2) is 31.8 Å². The van der Waals surface area contributed by atoms with E-state index in [1.54, 1.807) is 32.4 Å². The van der Waals surface area contributed by atoms with Crippen molar-refractivity contribution in [1.82, 2.24) is 16.2 Å². The molecule has 0 bridgehead atoms. The molecule has 0 aromatic heterocycles. The number of thiocarbonyl (C=S) groups is 1. The molecule has 0 fully saturated rings. The Morgan fingerprint density at radius 1 is 1.11 bits per heavy atom. The Bertz CT molecular complexity index is 858. The third-order valence-corrected chi connectivity index (χ3v) is 4.01. The summed E-state index contributed by atoms with van der Waals surface area (Å²) in [6.45, 7) is 0.558. The van der Waals surface area contributed by atoms with Gasteiger partial charge >= 0.3 is 0 Å². The highest BCUT2D eigenvalue weighted by atomic mass is 32.1. The van der Waals surface area contributed by atoms with Crippen LogP contribution in [0.3, 0.4) is 0 Å². The summed E-state index contributed by atoms with van der Waals surface area (Å²) in [4.78, 5) is 11.8. The molecule has 2 rings (SSSR count). The summed E-state index contributed by atoms with van der Waals surface area (Å²) in [6, 6.07) is 11.9. The highest BCUT2D eigenvalue weighted by Gasteiger charge is 2.05. The van der Waals surface area contributed by atoms with Gasteiger partial charge in [0.05, 0.1) is 14.2 Å². The summed E-state index contributed by atoms with van der Waals surface area (Å²) in [5.41, 5.74) is 6.38. The Balaban J connectivity index is 1.72. The first-order chi connectivity index (χ1) is 13.5. The first-order valence-corrected chi connectivity index (χ1v) is 8.91. The molecule has 0 radical (unpaired) electrons. The van der Waals surface area contributed by atoms with Crippen LogP contribution in [0.4, 0.5) is 4.39 Å². The van der Waals surface area contributed by atoms with Crippen molar-refractivity contribution in [2.75, 3.05) is 20.8 Å². The molecule has 0 spiro atoms. The normalized spacial score (nSPS) is 10.4. The number of rotatable bonds is 7. The minimum atomic E-state index is -0.452. The summed E-state index contributed by atoms with van der Waals surface area (Å²) in [7, 11) is 3.17. The van der Waals surface area contributed by atoms with Crippen molar-refractivity contribution < 1.29 is 18.7 Å². The van der Waals surface area contributed by atoms with Crippen LogP contribution < -0.4 is 25.6 Å². The molecule has 28 heavy (non-hydrogen) atoms. The van der Waals surface area contributed by atoms with Gasteiger partial charge in [0.15, 0.2) is 16.6 Å². The highest BCUT2D eigenvalue weighted by molar-refractivity contribution is 7.80. The molecule has 0 aliphatic carbocycles. The maximum absolute atomic E-state index is 13.5. The number of carbonyl (C=O) groups is 1. The average molecular weight is 403 g/mol. The quantitative estimate of drug-likeness (QED) is 0.375. The molecule has 0 aliphatic heterocycles. The molecule has 1 amide bonds. The number of hydrogen-bond donors (Lipinski definition) is 3. The van der Waals surface area contributed by atoms with Crippen molar-refractivity contribution in [2.45, 2.75) is 6.42 Å². The van der Waals surface area contributed by atoms with Gasteiger partial charge in [0, 0.05) is 18.2 Å². The first-order valence-electron chi connectivity index (χ1n) is 8.51. The minimum Gasteiger partial charge on any atom is -0.493 e. The maximum Gasteiger partial charge on any atom is 0.262 e. The molecule has 6 nitrogen and oxygen atoms in total. The molecule has 8 heteroatoms. The Morgan fingerprint density at radius 2 is 1.86 bits per heavy atom. The van der Waals surface area contributed by atoms with Crippen LogP contribution in [0.5, 0.6) is 11.5 Å². The van der Waals surface area contributed by atoms with E-state index in [1.165, 1.54) is 18.2 Å². The van der Waals surface area contributed by atoms with Gasteiger partial charge in [-0.05, 0) is 48.5 Å². The van der Waals surface area contributed by atoms with E-state index in [0.717, 1.165) is 5.56 Å². The zero-order chi connectivity index (χ0) is 20.4. The molecule has 3 N–H and O–H groups in total. The number of nitrogens with one attached hydrogen (secondary N) is 3. The van der Waals surface area contributed by atoms with Gasteiger partial charge in [-0.1, -0.05) is 24.3 Å². The van der Waals surface area contributed by atoms with Crippen molar-refractivity contribution in [2.24, 2.45) is 0 Å². The fourth-order valence-corrected chi connectivity index (χ4v) is 2.49. The molecule has 0 heterocycles. The molecule has 0 atom stereocenters. The number of methoxy groups -OCH3 is 2. The molecule has 0 aliphatic rings. The number of halogens is 1. The molecular weight excluding hydrogens is 381 g/mol. The molecule has 0 unspecified atom stereocenters. The van der Waals surface area contributed by atoms with Crippen molar-refractivity contribution in [1.29, 1.82) is 0 Å². The third kappa shape index (κ3) is 6.55. The predicted molar refractivity (Wildman–Crippen MR) is 111 cm³/mol. The van der Waals surface area contributed by atoms with Crippen LogP contribution in [0, 0.1) is 5.82 Å². The van der Waals surface area contributed by atoms with Gasteiger partial charge in [0.2, 0.25) is 0 Å². The lowest BCUT2D eigenvalue weighted by Gasteiger charge is -2.12. The summed E-state index contributed by atoms with van der Waals surface area (Å²) >= 11 is 5.11. The van der Waals surface area contributed by atoms with Crippen LogP contribution in [0.2, 0.25) is 0 Å². The minimum absolute atomic E-state index is 0.271. The summed E-state index contributed by atoms with van der Waals surface area (Å²) in [5, 5.41) is 3.26. The summed E-state index contributed by atoms with van der Waals surface area (Å²) in [6.07, 6.45) is 3.31. The summed E-state index contributed by atoms with van der Waals surface area (Å²) < 4.78 is 24.0. The fraction of sp³-hybridized carbons (Fsp3) is 0.200. The predicted octanol–water partition coefficient (Wildman–Crippen LogP) is 2.59. The Labute approximate surface area is 168 Å². The van der Waals surface area contributed by atoms with Crippen LogP contribution in [-0.2, 0) is 11.2 Å². The SMILES string of the molecule is COc1ccc(CCNC(=S)NNC(=O)/C=C/c2ccccc2F)cc1OC. The monoisotopic (exact) mass is 403 g/mol. The third-order valence-electron chi connectivity index (χ3n) is 3.77. The number of hydrogen-bond acceptors (Lipinski definition) is 4. The number of benzene rings is 2. The zero-order valence-corrected chi connectivity index (χ0v) is 16.4. The molecular formula is C20H22FN3O3S. The molecule has 2 aromatic rings. The lowest BCUT2D eigenvalue weighted by atomic mass is 10.1. The number of ether oxygens (including phenoxy) is 2. The zero-order valence-electron chi connectivity index (χ0n) is 15.6. The van der Waals surface area contributed by atoms with E-state index in [1.807, 2.05) is 18.2 Å². The largest absolute Gasteiger partial charge is 0.493 e. The second-order valence-corrected chi connectivity index (χ2v) is 6.07. The van der Waals surface area contributed by atoms with Gasteiger partial charge in [0.25, 0.3) is 5.91 Å². The van der Waals surface area contributed by atoms with E-state index in [0.29, 0.717) is 30.0 Å². The van der Waals surface area contributed by atoms with Crippen LogP contribution in [0.25, 0.3) is 6.08 Å². The van der Waals surface area contributed by atoms with E-state index < -0.39 is 11.7 Å². The van der Waals surface area contributed by atoms with Crippen LogP contribution in [0.1, 0.15) is 11.1 Å². The second kappa shape index (κ2) is 10.9. The van der Waals surface area contributed by atoms with E-state index in [-0.39, 0.29) is 5.11 Å². The van der Waals surface area contributed by atoms with E-state index in [2.05, 4.69) is 16.2 Å². The lowest BCUT2D eigenvalue weighted by molar-refractivity contribution is -0.116. The standard InChI is InChI=1S/C20H22FN3O3S/c1-26-17-9-7-14(13-18(17)27-2)11-12-22-20(28)24-23-19(25)10-8-15-5-3-4-6-16(15)21/h3-10,13H,11-12H2,1-2H3,(H,23,25)(H2,22,24,28)/b10-8+. The Morgan fingerprint density at radius 3 is 2.57 bits per heavy atom. The summed E-state index contributed by atoms with van der Waals surface area (Å²) in [5.74, 6) is 0.483. The molecule has 0 saturated heterocycles. The van der Waals surface area contributed by atoms with Gasteiger partial charge in [-0.15, -0.1) is 0 Å². The van der Waals surface area contributed by atoms with Gasteiger partial charge in [-0.2, -0.15) is 0 Å². The lowest BCUT2D eigenvalue weighted by Crippen LogP contribution is -2.46. The number of amides is 1. The Kier molecular flexibility index (Phi) is 8.23. The van der Waals surface area contributed by atoms with E-state index in [9.17, 15) is 9.18 Å². The van der Waals surface area contributed by atoms with Gasteiger partial charge < -0.3 is 14.8 Å². The topological polar surface area (TPSA) is 71.6 Å².